The van der Waals surface area contributed by atoms with Crippen LogP contribution in [-0.2, 0) is 13.0 Å². The van der Waals surface area contributed by atoms with Gasteiger partial charge in [0.2, 0.25) is 0 Å². The standard InChI is InChI=1S/C17H18N2O/c1-3-13-8-9-19-15(11-20)17(18-16(19)10-13)14-6-4-12(2)5-7-14/h4-10,20H,3,11H2,1-2H3. The van der Waals surface area contributed by atoms with Gasteiger partial charge in [0.15, 0.2) is 0 Å². The Kier molecular flexibility index (Phi) is 3.28. The van der Waals surface area contributed by atoms with Crippen molar-refractivity contribution in [2.45, 2.75) is 26.9 Å². The number of fused-ring (bicyclic) bond motifs is 1. The Morgan fingerprint density at radius 2 is 1.90 bits per heavy atom. The van der Waals surface area contributed by atoms with Gasteiger partial charge in [-0.15, -0.1) is 0 Å². The molecule has 0 bridgehead atoms. The monoisotopic (exact) mass is 266 g/mol. The van der Waals surface area contributed by atoms with Gasteiger partial charge in [0.25, 0.3) is 0 Å². The highest BCUT2D eigenvalue weighted by Gasteiger charge is 2.13. The molecule has 0 aliphatic heterocycles. The summed E-state index contributed by atoms with van der Waals surface area (Å²) < 4.78 is 1.97. The van der Waals surface area contributed by atoms with Gasteiger partial charge in [-0.1, -0.05) is 36.8 Å². The molecule has 1 aromatic carbocycles. The van der Waals surface area contributed by atoms with Crippen LogP contribution in [0.3, 0.4) is 0 Å². The first-order valence-electron chi connectivity index (χ1n) is 6.90. The number of pyridine rings is 1. The average Bonchev–Trinajstić information content (AvgIpc) is 2.85. The molecule has 3 aromatic rings. The lowest BCUT2D eigenvalue weighted by Gasteiger charge is -2.03. The zero-order chi connectivity index (χ0) is 14.1. The van der Waals surface area contributed by atoms with Crippen molar-refractivity contribution in [1.29, 1.82) is 0 Å². The lowest BCUT2D eigenvalue weighted by Crippen LogP contribution is -1.94. The second-order valence-electron chi connectivity index (χ2n) is 5.05. The smallest absolute Gasteiger partial charge is 0.138 e. The molecule has 2 aromatic heterocycles. The van der Waals surface area contributed by atoms with E-state index >= 15 is 0 Å². The first kappa shape index (κ1) is 12.9. The minimum absolute atomic E-state index is 0.0180. The van der Waals surface area contributed by atoms with Crippen LogP contribution in [0.4, 0.5) is 0 Å². The maximum atomic E-state index is 9.69. The molecule has 102 valence electrons. The molecular formula is C17H18N2O. The maximum absolute atomic E-state index is 9.69. The lowest BCUT2D eigenvalue weighted by molar-refractivity contribution is 0.276. The van der Waals surface area contributed by atoms with Gasteiger partial charge < -0.3 is 9.51 Å². The van der Waals surface area contributed by atoms with E-state index < -0.39 is 0 Å². The molecule has 0 atom stereocenters. The van der Waals surface area contributed by atoms with Crippen molar-refractivity contribution in [2.24, 2.45) is 0 Å². The van der Waals surface area contributed by atoms with Crippen molar-refractivity contribution < 1.29 is 5.11 Å². The summed E-state index contributed by atoms with van der Waals surface area (Å²) in [5, 5.41) is 9.69. The van der Waals surface area contributed by atoms with Crippen LogP contribution < -0.4 is 0 Å². The van der Waals surface area contributed by atoms with Gasteiger partial charge in [0, 0.05) is 11.8 Å². The summed E-state index contributed by atoms with van der Waals surface area (Å²) >= 11 is 0. The number of rotatable bonds is 3. The number of aliphatic hydroxyl groups is 1. The van der Waals surface area contributed by atoms with Gasteiger partial charge in [0.1, 0.15) is 5.65 Å². The number of imidazole rings is 1. The van der Waals surface area contributed by atoms with Crippen LogP contribution in [-0.4, -0.2) is 14.5 Å². The summed E-state index contributed by atoms with van der Waals surface area (Å²) in [5.74, 6) is 0. The highest BCUT2D eigenvalue weighted by molar-refractivity contribution is 5.67. The summed E-state index contributed by atoms with van der Waals surface area (Å²) in [6.45, 7) is 4.17. The van der Waals surface area contributed by atoms with Crippen molar-refractivity contribution in [3.8, 4) is 11.3 Å². The largest absolute Gasteiger partial charge is 0.390 e. The van der Waals surface area contributed by atoms with Gasteiger partial charge in [-0.25, -0.2) is 4.98 Å². The summed E-state index contributed by atoms with van der Waals surface area (Å²) in [4.78, 5) is 4.69. The fourth-order valence-corrected chi connectivity index (χ4v) is 2.45. The van der Waals surface area contributed by atoms with Crippen LogP contribution in [0.15, 0.2) is 42.6 Å². The zero-order valence-electron chi connectivity index (χ0n) is 11.8. The second-order valence-corrected chi connectivity index (χ2v) is 5.05. The van der Waals surface area contributed by atoms with Crippen LogP contribution in [0, 0.1) is 6.92 Å². The van der Waals surface area contributed by atoms with Crippen molar-refractivity contribution >= 4 is 5.65 Å². The quantitative estimate of drug-likeness (QED) is 0.789. The van der Waals surface area contributed by atoms with E-state index in [2.05, 4.69) is 50.2 Å². The first-order chi connectivity index (χ1) is 9.72. The summed E-state index contributed by atoms with van der Waals surface area (Å²) in [6.07, 6.45) is 2.97. The van der Waals surface area contributed by atoms with Crippen LogP contribution in [0.25, 0.3) is 16.9 Å². The third-order valence-corrected chi connectivity index (χ3v) is 3.67. The summed E-state index contributed by atoms with van der Waals surface area (Å²) in [5.41, 5.74) is 6.11. The topological polar surface area (TPSA) is 37.5 Å². The van der Waals surface area contributed by atoms with E-state index in [9.17, 15) is 5.11 Å². The van der Waals surface area contributed by atoms with E-state index in [1.165, 1.54) is 11.1 Å². The zero-order valence-corrected chi connectivity index (χ0v) is 11.8. The molecule has 0 amide bonds. The van der Waals surface area contributed by atoms with E-state index in [-0.39, 0.29) is 6.61 Å². The Balaban J connectivity index is 2.21. The van der Waals surface area contributed by atoms with E-state index in [1.54, 1.807) is 0 Å². The highest BCUT2D eigenvalue weighted by Crippen LogP contribution is 2.25. The molecule has 3 nitrogen and oxygen atoms in total. The van der Waals surface area contributed by atoms with Crippen molar-refractivity contribution in [1.82, 2.24) is 9.38 Å². The number of hydrogen-bond donors (Lipinski definition) is 1. The molecule has 0 saturated carbocycles. The summed E-state index contributed by atoms with van der Waals surface area (Å²) in [7, 11) is 0. The SMILES string of the molecule is CCc1ccn2c(CO)c(-c3ccc(C)cc3)nc2c1. The van der Waals surface area contributed by atoms with Gasteiger partial charge >= 0.3 is 0 Å². The number of benzene rings is 1. The normalized spacial score (nSPS) is 11.2. The minimum Gasteiger partial charge on any atom is -0.390 e. The fourth-order valence-electron chi connectivity index (χ4n) is 2.45. The van der Waals surface area contributed by atoms with Crippen molar-refractivity contribution in [3.63, 3.8) is 0 Å². The van der Waals surface area contributed by atoms with Crippen LogP contribution >= 0.6 is 0 Å². The Labute approximate surface area is 118 Å². The number of aromatic nitrogens is 2. The lowest BCUT2D eigenvalue weighted by atomic mass is 10.1. The average molecular weight is 266 g/mol. The number of aliphatic hydroxyl groups excluding tert-OH is 1. The van der Waals surface area contributed by atoms with Crippen LogP contribution in [0.2, 0.25) is 0 Å². The molecule has 0 spiro atoms. The molecule has 0 fully saturated rings. The van der Waals surface area contributed by atoms with Crippen LogP contribution in [0.5, 0.6) is 0 Å². The predicted octanol–water partition coefficient (Wildman–Crippen LogP) is 3.36. The third kappa shape index (κ3) is 2.10. The number of hydrogen-bond acceptors (Lipinski definition) is 2. The van der Waals surface area contributed by atoms with Crippen molar-refractivity contribution in [3.05, 3.63) is 59.4 Å². The van der Waals surface area contributed by atoms with Gasteiger partial charge in [-0.2, -0.15) is 0 Å². The van der Waals surface area contributed by atoms with Gasteiger partial charge in [-0.3, -0.25) is 0 Å². The number of aryl methyl sites for hydroxylation is 2. The van der Waals surface area contributed by atoms with Crippen molar-refractivity contribution in [2.75, 3.05) is 0 Å². The highest BCUT2D eigenvalue weighted by atomic mass is 16.3. The van der Waals surface area contributed by atoms with E-state index in [0.29, 0.717) is 0 Å². The maximum Gasteiger partial charge on any atom is 0.138 e. The molecule has 3 heteroatoms. The minimum atomic E-state index is -0.0180. The molecule has 0 radical (unpaired) electrons. The molecule has 0 unspecified atom stereocenters. The Morgan fingerprint density at radius 1 is 1.15 bits per heavy atom. The van der Waals surface area contributed by atoms with E-state index in [1.807, 2.05) is 10.6 Å². The first-order valence-corrected chi connectivity index (χ1v) is 6.90. The molecule has 0 saturated heterocycles. The Hall–Kier alpha value is -2.13. The summed E-state index contributed by atoms with van der Waals surface area (Å²) in [6, 6.07) is 12.4. The fraction of sp³-hybridized carbons (Fsp3) is 0.235. The van der Waals surface area contributed by atoms with Gasteiger partial charge in [0.05, 0.1) is 18.0 Å². The number of nitrogens with zero attached hydrogens (tertiary/aromatic N) is 2. The Morgan fingerprint density at radius 3 is 2.55 bits per heavy atom. The van der Waals surface area contributed by atoms with E-state index in [4.69, 9.17) is 4.98 Å². The molecule has 2 heterocycles. The molecular weight excluding hydrogens is 248 g/mol. The third-order valence-electron chi connectivity index (χ3n) is 3.67. The van der Waals surface area contributed by atoms with Crippen LogP contribution in [0.1, 0.15) is 23.7 Å². The van der Waals surface area contributed by atoms with Gasteiger partial charge in [-0.05, 0) is 31.0 Å². The van der Waals surface area contributed by atoms with E-state index in [0.717, 1.165) is 29.0 Å². The molecule has 0 aliphatic rings. The molecule has 3 rings (SSSR count). The molecule has 0 aliphatic carbocycles. The second kappa shape index (κ2) is 5.10. The Bertz CT molecular complexity index is 742. The predicted molar refractivity (Wildman–Crippen MR) is 80.7 cm³/mol. The molecule has 20 heavy (non-hydrogen) atoms. The molecule has 1 N–H and O–H groups in total.